The van der Waals surface area contributed by atoms with E-state index >= 15 is 0 Å². The Bertz CT molecular complexity index is 1290. The Labute approximate surface area is 153 Å². The summed E-state index contributed by atoms with van der Waals surface area (Å²) in [5, 5.41) is 0. The molecule has 1 heterocycles. The fourth-order valence-corrected chi connectivity index (χ4v) is 2.67. The van der Waals surface area contributed by atoms with Crippen LogP contribution >= 0.6 is 0 Å². The van der Waals surface area contributed by atoms with Crippen LogP contribution in [-0.4, -0.2) is 31.6 Å². The second-order valence-electron chi connectivity index (χ2n) is 5.05. The summed E-state index contributed by atoms with van der Waals surface area (Å²) in [6.07, 6.45) is -19.1. The average molecular weight is 304 g/mol. The molecule has 2 fully saturated rings. The highest BCUT2D eigenvalue weighted by atomic mass is 16.5. The molecule has 1 saturated carbocycles. The maximum Gasteiger partial charge on any atom is 0.119 e. The number of methoxy groups -OCH3 is 1. The highest BCUT2D eigenvalue weighted by molar-refractivity contribution is 5.45. The van der Waals surface area contributed by atoms with Gasteiger partial charge in [0.05, 0.1) is 11.2 Å². The summed E-state index contributed by atoms with van der Waals surface area (Å²) < 4.78 is 166. The minimum absolute atomic E-state index is 0.0932. The Balaban J connectivity index is 2.57. The van der Waals surface area contributed by atoms with Gasteiger partial charge in [-0.3, -0.25) is 0 Å². The molecule has 2 nitrogen and oxygen atoms in total. The van der Waals surface area contributed by atoms with E-state index in [1.807, 2.05) is 0 Å². The molecule has 4 atom stereocenters. The zero-order chi connectivity index (χ0) is 30.7. The summed E-state index contributed by atoms with van der Waals surface area (Å²) in [5.41, 5.74) is -6.32. The normalized spacial score (nSPS) is 76.0. The molecular weight excluding hydrogens is 258 g/mol. The Kier molecular flexibility index (Phi) is 0.967. The van der Waals surface area contributed by atoms with Crippen LogP contribution in [0.25, 0.3) is 0 Å². The molecule has 1 aromatic carbocycles. The van der Waals surface area contributed by atoms with Gasteiger partial charge in [-0.1, -0.05) is 13.0 Å². The summed E-state index contributed by atoms with van der Waals surface area (Å²) in [5.74, 6) is -8.04. The number of hydrogen-bond acceptors (Lipinski definition) is 2. The third kappa shape index (κ3) is 1.88. The van der Waals surface area contributed by atoms with Gasteiger partial charge in [-0.05, 0) is 80.4 Å². The number of likely N-dealkylation sites (N-methyl/N-ethyl adjacent to an activating group) is 1. The minimum atomic E-state index is -4.00. The summed E-state index contributed by atoms with van der Waals surface area (Å²) >= 11 is 0. The van der Waals surface area contributed by atoms with Crippen LogP contribution < -0.4 is 4.74 Å². The van der Waals surface area contributed by atoms with E-state index in [0.29, 0.717) is 14.0 Å². The van der Waals surface area contributed by atoms with Crippen molar-refractivity contribution < 1.29 is 29.4 Å². The third-order valence-electron chi connectivity index (χ3n) is 3.72. The second-order valence-corrected chi connectivity index (χ2v) is 5.05. The number of hydrogen-bond donors (Lipinski definition) is 0. The molecule has 114 valence electrons. The van der Waals surface area contributed by atoms with Crippen molar-refractivity contribution in [1.29, 1.82) is 0 Å². The topological polar surface area (TPSA) is 12.5 Å². The van der Waals surface area contributed by atoms with Crippen LogP contribution in [0.15, 0.2) is 18.1 Å². The highest BCUT2D eigenvalue weighted by Gasteiger charge is 2.54. The highest BCUT2D eigenvalue weighted by Crippen LogP contribution is 2.56. The van der Waals surface area contributed by atoms with Crippen molar-refractivity contribution in [3.05, 3.63) is 29.3 Å². The number of likely N-dealkylation sites (tertiary alicyclic amines) is 1. The fourth-order valence-electron chi connectivity index (χ4n) is 2.67. The van der Waals surface area contributed by atoms with E-state index in [0.717, 1.165) is 7.11 Å². The minimum Gasteiger partial charge on any atom is -0.497 e. The number of piperidine rings is 1. The quantitative estimate of drug-likeness (QED) is 0.785. The molecule has 0 N–H and O–H groups in total. The Morgan fingerprint density at radius 1 is 1.48 bits per heavy atom. The van der Waals surface area contributed by atoms with Crippen LogP contribution in [-0.2, 0) is 11.8 Å². The van der Waals surface area contributed by atoms with Crippen molar-refractivity contribution in [2.24, 2.45) is 11.8 Å². The lowest BCUT2D eigenvalue weighted by molar-refractivity contribution is -0.0112. The van der Waals surface area contributed by atoms with E-state index in [1.165, 1.54) is 0 Å². The number of fused-ring (bicyclic) bond motifs is 1. The van der Waals surface area contributed by atoms with Gasteiger partial charge in [-0.25, -0.2) is 0 Å². The van der Waals surface area contributed by atoms with E-state index in [-0.39, 0.29) is 4.90 Å². The largest absolute Gasteiger partial charge is 0.497 e. The molecule has 2 aliphatic carbocycles. The van der Waals surface area contributed by atoms with E-state index < -0.39 is 96.6 Å². The van der Waals surface area contributed by atoms with Crippen molar-refractivity contribution in [3.63, 3.8) is 0 Å². The maximum absolute atomic E-state index is 9.66. The van der Waals surface area contributed by atoms with Crippen molar-refractivity contribution in [3.8, 4) is 5.75 Å². The van der Waals surface area contributed by atoms with Crippen LogP contribution in [0.5, 0.6) is 5.75 Å². The predicted octanol–water partition coefficient (Wildman–Crippen LogP) is 3.63. The average Bonchev–Trinajstić information content (AvgIpc) is 2.78. The van der Waals surface area contributed by atoms with Crippen molar-refractivity contribution in [2.45, 2.75) is 50.2 Å². The molecule has 0 amide bonds. The second kappa shape index (κ2) is 4.74. The van der Waals surface area contributed by atoms with Crippen LogP contribution in [0, 0.1) is 11.8 Å². The van der Waals surface area contributed by atoms with Gasteiger partial charge < -0.3 is 9.64 Å². The lowest BCUT2D eigenvalue weighted by atomic mass is 9.51. The molecular formula is C19H27NO. The summed E-state index contributed by atoms with van der Waals surface area (Å²) in [6, 6.07) is -6.89. The van der Waals surface area contributed by atoms with Gasteiger partial charge in [-0.2, -0.15) is 0 Å². The monoisotopic (exact) mass is 303 g/mol. The summed E-state index contributed by atoms with van der Waals surface area (Å²) in [7, 11) is 1.63. The van der Waals surface area contributed by atoms with E-state index in [9.17, 15) is 2.74 Å². The first-order chi connectivity index (χ1) is 17.1. The van der Waals surface area contributed by atoms with Crippen molar-refractivity contribution in [2.75, 3.05) is 20.7 Å². The Morgan fingerprint density at radius 2 is 2.33 bits per heavy atom. The molecule has 1 unspecified atom stereocenters. The van der Waals surface area contributed by atoms with Crippen molar-refractivity contribution in [1.82, 2.24) is 4.90 Å². The van der Waals surface area contributed by atoms with Gasteiger partial charge in [-0.15, -0.1) is 0 Å². The molecule has 1 saturated heterocycles. The standard InChI is InChI=1S/C19H27NO/c1-13-6-7-19-8-9-20(2)18(17(19)10-13)11-14-4-5-15(21-3)12-16(14)19/h4-5,12-13,17-18H,6-11H2,1-3H3/t13?,17-,18+,19-/m1/s1/i4D,5D,6D2,7D2,8D2,9D2,10D2,11D2,12D,13D,17D,18D. The predicted molar refractivity (Wildman–Crippen MR) is 85.9 cm³/mol. The molecule has 1 aliphatic heterocycles. The number of rotatable bonds is 1. The van der Waals surface area contributed by atoms with Crippen LogP contribution in [0.4, 0.5) is 0 Å². The first-order valence-electron chi connectivity index (χ1n) is 15.5. The van der Waals surface area contributed by atoms with Crippen LogP contribution in [0.2, 0.25) is 0 Å². The SMILES string of the molecule is [2H]c1c([2H])c2c(c([2H])c1OC)[C@@]13C([2H])([2H])C([2H])([2H])N(C)[C@@]([2H])(C2([2H])[2H])[C@@]1([2H])C([2H])([2H])C([2H])(C)C([2H])([2H])C3([2H])[2H]. The molecule has 2 heteroatoms. The smallest absolute Gasteiger partial charge is 0.119 e. The zero-order valence-electron chi connectivity index (χ0n) is 29.9. The van der Waals surface area contributed by atoms with E-state index in [2.05, 4.69) is 0 Å². The van der Waals surface area contributed by atoms with E-state index in [4.69, 9.17) is 26.7 Å². The van der Waals surface area contributed by atoms with Gasteiger partial charge in [0.25, 0.3) is 0 Å². The summed E-state index contributed by atoms with van der Waals surface area (Å²) in [6.45, 7) is -3.01. The number of nitrogens with zero attached hydrogens (tertiary/aromatic N) is 1. The molecule has 2 bridgehead atoms. The van der Waals surface area contributed by atoms with Crippen LogP contribution in [0.3, 0.4) is 0 Å². The fraction of sp³-hybridized carbons (Fsp3) is 0.684. The summed E-state index contributed by atoms with van der Waals surface area (Å²) in [4.78, 5) is 0.0932. The van der Waals surface area contributed by atoms with Crippen LogP contribution in [0.1, 0.15) is 68.2 Å². The molecule has 0 radical (unpaired) electrons. The van der Waals surface area contributed by atoms with Gasteiger partial charge in [0.1, 0.15) is 5.75 Å². The lowest BCUT2D eigenvalue weighted by Gasteiger charge is -2.59. The first-order valence-corrected chi connectivity index (χ1v) is 6.51. The Morgan fingerprint density at radius 3 is 3.14 bits per heavy atom. The third-order valence-corrected chi connectivity index (χ3v) is 3.72. The Hall–Kier alpha value is -1.02. The molecule has 1 aromatic rings. The number of ether oxygens (including phenoxy) is 1. The van der Waals surface area contributed by atoms with Gasteiger partial charge >= 0.3 is 0 Å². The zero-order valence-corrected chi connectivity index (χ0v) is 11.9. The van der Waals surface area contributed by atoms with Crippen molar-refractivity contribution >= 4 is 0 Å². The number of benzene rings is 1. The molecule has 3 aliphatic rings. The lowest BCUT2D eigenvalue weighted by Crippen LogP contribution is -2.60. The molecule has 21 heavy (non-hydrogen) atoms. The van der Waals surface area contributed by atoms with E-state index in [1.54, 1.807) is 0 Å². The van der Waals surface area contributed by atoms with Gasteiger partial charge in [0, 0.05) is 32.0 Å². The first kappa shape index (κ1) is 4.29. The van der Waals surface area contributed by atoms with Gasteiger partial charge in [0.15, 0.2) is 0 Å². The van der Waals surface area contributed by atoms with Gasteiger partial charge in [0.2, 0.25) is 0 Å². The molecule has 4 rings (SSSR count). The maximum atomic E-state index is 9.66. The molecule has 0 spiro atoms. The molecule has 0 aromatic heterocycles.